The van der Waals surface area contributed by atoms with Gasteiger partial charge in [0.2, 0.25) is 0 Å². The van der Waals surface area contributed by atoms with E-state index in [1.807, 2.05) is 77.7 Å². The molecule has 1 fully saturated rings. The maximum absolute atomic E-state index is 12.5. The van der Waals surface area contributed by atoms with E-state index in [0.29, 0.717) is 19.6 Å². The number of carbonyl (C=O) groups is 2. The standard InChI is InChI=1S/C23H23N3O2/c27-22(24-21-12-6-10-18-7-4-5-11-20(18)21)17-25-13-15-26(16-14-25)23(28)19-8-2-1-3-9-19/h1-12H,13-17H2,(H,24,27)/p+1. The van der Waals surface area contributed by atoms with Gasteiger partial charge in [-0.3, -0.25) is 9.59 Å². The second-order valence-electron chi connectivity index (χ2n) is 7.16. The number of hydrogen-bond acceptors (Lipinski definition) is 2. The van der Waals surface area contributed by atoms with Gasteiger partial charge in [0.1, 0.15) is 0 Å². The molecule has 142 valence electrons. The van der Waals surface area contributed by atoms with Gasteiger partial charge < -0.3 is 15.1 Å². The molecule has 3 aromatic rings. The van der Waals surface area contributed by atoms with Gasteiger partial charge in [0.25, 0.3) is 11.8 Å². The van der Waals surface area contributed by atoms with Gasteiger partial charge in [-0.05, 0) is 23.6 Å². The Kier molecular flexibility index (Phi) is 5.35. The Hall–Kier alpha value is -3.18. The lowest BCUT2D eigenvalue weighted by atomic mass is 10.1. The van der Waals surface area contributed by atoms with Crippen molar-refractivity contribution in [1.82, 2.24) is 4.90 Å². The lowest BCUT2D eigenvalue weighted by Crippen LogP contribution is -3.15. The molecule has 0 bridgehead atoms. The van der Waals surface area contributed by atoms with Crippen LogP contribution < -0.4 is 10.2 Å². The summed E-state index contributed by atoms with van der Waals surface area (Å²) in [5.41, 5.74) is 1.57. The van der Waals surface area contributed by atoms with Crippen LogP contribution >= 0.6 is 0 Å². The predicted octanol–water partition coefficient (Wildman–Crippen LogP) is 1.82. The summed E-state index contributed by atoms with van der Waals surface area (Å²) in [5.74, 6) is 0.0778. The van der Waals surface area contributed by atoms with Gasteiger partial charge in [0.05, 0.1) is 26.2 Å². The van der Waals surface area contributed by atoms with Crippen molar-refractivity contribution in [2.75, 3.05) is 38.0 Å². The van der Waals surface area contributed by atoms with Crippen molar-refractivity contribution < 1.29 is 14.5 Å². The number of piperazine rings is 1. The zero-order chi connectivity index (χ0) is 19.3. The summed E-state index contributed by atoms with van der Waals surface area (Å²) in [4.78, 5) is 28.2. The van der Waals surface area contributed by atoms with E-state index in [1.54, 1.807) is 0 Å². The highest BCUT2D eigenvalue weighted by molar-refractivity contribution is 6.02. The average molecular weight is 374 g/mol. The van der Waals surface area contributed by atoms with Crippen LogP contribution in [-0.4, -0.2) is 49.4 Å². The van der Waals surface area contributed by atoms with E-state index in [-0.39, 0.29) is 11.8 Å². The molecule has 2 amide bonds. The van der Waals surface area contributed by atoms with Gasteiger partial charge >= 0.3 is 0 Å². The van der Waals surface area contributed by atoms with Crippen LogP contribution in [0, 0.1) is 0 Å². The highest BCUT2D eigenvalue weighted by Crippen LogP contribution is 2.22. The van der Waals surface area contributed by atoms with E-state index in [0.717, 1.165) is 35.1 Å². The minimum absolute atomic E-state index is 0.00851. The summed E-state index contributed by atoms with van der Waals surface area (Å²) in [6.45, 7) is 3.31. The molecule has 3 aromatic carbocycles. The summed E-state index contributed by atoms with van der Waals surface area (Å²) in [6.07, 6.45) is 0. The Balaban J connectivity index is 1.32. The van der Waals surface area contributed by atoms with Gasteiger partial charge in [-0.25, -0.2) is 0 Å². The van der Waals surface area contributed by atoms with Crippen molar-refractivity contribution in [2.45, 2.75) is 0 Å². The molecule has 5 nitrogen and oxygen atoms in total. The molecule has 0 aromatic heterocycles. The molecule has 1 heterocycles. The van der Waals surface area contributed by atoms with Crippen molar-refractivity contribution in [2.24, 2.45) is 0 Å². The lowest BCUT2D eigenvalue weighted by Gasteiger charge is -2.32. The first-order valence-corrected chi connectivity index (χ1v) is 9.66. The maximum Gasteiger partial charge on any atom is 0.279 e. The summed E-state index contributed by atoms with van der Waals surface area (Å²) in [7, 11) is 0. The molecule has 0 saturated carbocycles. The summed E-state index contributed by atoms with van der Waals surface area (Å²) in [6, 6.07) is 23.3. The van der Waals surface area contributed by atoms with Crippen LogP contribution in [0.25, 0.3) is 10.8 Å². The molecular weight excluding hydrogens is 350 g/mol. The van der Waals surface area contributed by atoms with Crippen molar-refractivity contribution in [3.8, 4) is 0 Å². The first-order valence-electron chi connectivity index (χ1n) is 9.66. The Bertz CT molecular complexity index is 974. The molecule has 0 radical (unpaired) electrons. The van der Waals surface area contributed by atoms with Crippen molar-refractivity contribution in [1.29, 1.82) is 0 Å². The number of benzene rings is 3. The number of carbonyl (C=O) groups excluding carboxylic acids is 2. The van der Waals surface area contributed by atoms with Crippen LogP contribution in [0.4, 0.5) is 5.69 Å². The van der Waals surface area contributed by atoms with Crippen LogP contribution in [0.15, 0.2) is 72.8 Å². The molecule has 0 aliphatic carbocycles. The minimum Gasteiger partial charge on any atom is -0.327 e. The van der Waals surface area contributed by atoms with Crippen LogP contribution in [0.2, 0.25) is 0 Å². The number of nitrogens with one attached hydrogen (secondary N) is 2. The normalized spacial score (nSPS) is 14.8. The second-order valence-corrected chi connectivity index (χ2v) is 7.16. The molecule has 0 unspecified atom stereocenters. The second kappa shape index (κ2) is 8.23. The predicted molar refractivity (Wildman–Crippen MR) is 110 cm³/mol. The summed E-state index contributed by atoms with van der Waals surface area (Å²) >= 11 is 0. The molecule has 1 aliphatic rings. The van der Waals surface area contributed by atoms with E-state index in [9.17, 15) is 9.59 Å². The Labute approximate surface area is 164 Å². The number of nitrogens with zero attached hydrogens (tertiary/aromatic N) is 1. The highest BCUT2D eigenvalue weighted by Gasteiger charge is 2.25. The van der Waals surface area contributed by atoms with Gasteiger partial charge in [-0.1, -0.05) is 54.6 Å². The fourth-order valence-corrected chi connectivity index (χ4v) is 3.72. The minimum atomic E-state index is 0.00851. The van der Waals surface area contributed by atoms with Crippen LogP contribution in [0.5, 0.6) is 0 Å². The first kappa shape index (κ1) is 18.2. The van der Waals surface area contributed by atoms with E-state index in [1.165, 1.54) is 4.90 Å². The summed E-state index contributed by atoms with van der Waals surface area (Å²) < 4.78 is 0. The first-order chi connectivity index (χ1) is 13.7. The lowest BCUT2D eigenvalue weighted by molar-refractivity contribution is -0.895. The van der Waals surface area contributed by atoms with Gasteiger partial charge in [0.15, 0.2) is 6.54 Å². The molecule has 4 rings (SSSR count). The zero-order valence-electron chi connectivity index (χ0n) is 15.7. The van der Waals surface area contributed by atoms with Crippen molar-refractivity contribution in [3.05, 3.63) is 78.4 Å². The monoisotopic (exact) mass is 374 g/mol. The third kappa shape index (κ3) is 4.05. The number of rotatable bonds is 4. The number of fused-ring (bicyclic) bond motifs is 1. The van der Waals surface area contributed by atoms with Crippen LogP contribution in [0.1, 0.15) is 10.4 Å². The largest absolute Gasteiger partial charge is 0.327 e. The van der Waals surface area contributed by atoms with Crippen molar-refractivity contribution >= 4 is 28.3 Å². The number of hydrogen-bond donors (Lipinski definition) is 2. The van der Waals surface area contributed by atoms with E-state index < -0.39 is 0 Å². The number of quaternary nitrogens is 1. The van der Waals surface area contributed by atoms with E-state index in [2.05, 4.69) is 5.32 Å². The van der Waals surface area contributed by atoms with Crippen molar-refractivity contribution in [3.63, 3.8) is 0 Å². The Morgan fingerprint density at radius 3 is 2.32 bits per heavy atom. The van der Waals surface area contributed by atoms with Gasteiger partial charge in [-0.2, -0.15) is 0 Å². The fourth-order valence-electron chi connectivity index (χ4n) is 3.72. The third-order valence-electron chi connectivity index (χ3n) is 5.25. The molecule has 28 heavy (non-hydrogen) atoms. The SMILES string of the molecule is O=C(C[NH+]1CCN(C(=O)c2ccccc2)CC1)Nc1cccc2ccccc12. The Morgan fingerprint density at radius 1 is 0.857 bits per heavy atom. The molecular formula is C23H24N3O2+. The number of anilines is 1. The van der Waals surface area contributed by atoms with Crippen LogP contribution in [-0.2, 0) is 4.79 Å². The van der Waals surface area contributed by atoms with Crippen LogP contribution in [0.3, 0.4) is 0 Å². The third-order valence-corrected chi connectivity index (χ3v) is 5.25. The molecule has 5 heteroatoms. The zero-order valence-corrected chi connectivity index (χ0v) is 15.7. The quantitative estimate of drug-likeness (QED) is 0.732. The summed E-state index contributed by atoms with van der Waals surface area (Å²) in [5, 5.41) is 5.21. The molecule has 1 saturated heterocycles. The molecule has 0 spiro atoms. The average Bonchev–Trinajstić information content (AvgIpc) is 2.75. The highest BCUT2D eigenvalue weighted by atomic mass is 16.2. The molecule has 1 aliphatic heterocycles. The Morgan fingerprint density at radius 2 is 1.54 bits per heavy atom. The van der Waals surface area contributed by atoms with E-state index >= 15 is 0 Å². The fraction of sp³-hybridized carbons (Fsp3) is 0.217. The van der Waals surface area contributed by atoms with E-state index in [4.69, 9.17) is 0 Å². The maximum atomic E-state index is 12.5. The number of amides is 2. The van der Waals surface area contributed by atoms with Gasteiger partial charge in [-0.15, -0.1) is 0 Å². The molecule has 2 N–H and O–H groups in total. The smallest absolute Gasteiger partial charge is 0.279 e. The topological polar surface area (TPSA) is 53.9 Å². The molecule has 0 atom stereocenters. The van der Waals surface area contributed by atoms with Gasteiger partial charge in [0, 0.05) is 16.6 Å².